The second-order valence-corrected chi connectivity index (χ2v) is 7.44. The summed E-state index contributed by atoms with van der Waals surface area (Å²) in [6.07, 6.45) is 4.33. The van der Waals surface area contributed by atoms with Crippen LogP contribution in [-0.4, -0.2) is 33.8 Å². The maximum Gasteiger partial charge on any atom is 0.499 e. The van der Waals surface area contributed by atoms with Gasteiger partial charge in [-0.25, -0.2) is 4.39 Å². The van der Waals surface area contributed by atoms with Gasteiger partial charge in [-0.15, -0.1) is 0 Å². The summed E-state index contributed by atoms with van der Waals surface area (Å²) >= 11 is 0. The summed E-state index contributed by atoms with van der Waals surface area (Å²) in [5.41, 5.74) is -0.494. The Bertz CT molecular complexity index is 534. The molecule has 2 heterocycles. The fraction of sp³-hybridized carbons (Fsp3) is 0.615. The van der Waals surface area contributed by atoms with E-state index in [2.05, 4.69) is 4.98 Å². The van der Waals surface area contributed by atoms with Gasteiger partial charge in [0.05, 0.1) is 17.0 Å². The van der Waals surface area contributed by atoms with Crippen molar-refractivity contribution in [1.82, 2.24) is 4.98 Å². The SMILES string of the molecule is CS(=O)Cc1cncc(B2OC(C)(C)C(C)(C)O2)c1F. The Morgan fingerprint density at radius 3 is 2.30 bits per heavy atom. The van der Waals surface area contributed by atoms with Crippen LogP contribution in [0.25, 0.3) is 0 Å². The van der Waals surface area contributed by atoms with Crippen LogP contribution in [0.1, 0.15) is 33.3 Å². The van der Waals surface area contributed by atoms with E-state index in [-0.39, 0.29) is 11.2 Å². The molecule has 1 unspecified atom stereocenters. The van der Waals surface area contributed by atoms with Crippen LogP contribution in [0, 0.1) is 5.82 Å². The Hall–Kier alpha value is -0.785. The second-order valence-electron chi connectivity index (χ2n) is 6.01. The van der Waals surface area contributed by atoms with Gasteiger partial charge in [0, 0.05) is 40.5 Å². The smallest absolute Gasteiger partial charge is 0.399 e. The molecule has 1 atom stereocenters. The Morgan fingerprint density at radius 2 is 1.80 bits per heavy atom. The number of pyridine rings is 1. The first kappa shape index (κ1) is 15.6. The molecule has 0 spiro atoms. The molecule has 2 rings (SSSR count). The van der Waals surface area contributed by atoms with Crippen LogP contribution in [0.15, 0.2) is 12.4 Å². The molecule has 4 nitrogen and oxygen atoms in total. The summed E-state index contributed by atoms with van der Waals surface area (Å²) < 4.78 is 37.3. The Balaban J connectivity index is 2.34. The second kappa shape index (κ2) is 5.20. The van der Waals surface area contributed by atoms with Crippen molar-refractivity contribution < 1.29 is 17.9 Å². The fourth-order valence-corrected chi connectivity index (χ4v) is 2.60. The molecule has 0 bridgehead atoms. The minimum Gasteiger partial charge on any atom is -0.399 e. The molecule has 1 aliphatic heterocycles. The van der Waals surface area contributed by atoms with Crippen molar-refractivity contribution in [3.05, 3.63) is 23.8 Å². The standard InChI is InChI=1S/C13H19BFNO3S/c1-12(2)13(3,4)19-14(18-12)10-7-16-6-9(11(10)15)8-20(5)17/h6-7H,8H2,1-5H3. The van der Waals surface area contributed by atoms with Gasteiger partial charge >= 0.3 is 7.12 Å². The van der Waals surface area contributed by atoms with Crippen LogP contribution < -0.4 is 5.46 Å². The quantitative estimate of drug-likeness (QED) is 0.792. The van der Waals surface area contributed by atoms with E-state index in [9.17, 15) is 8.60 Å². The minimum atomic E-state index is -1.13. The van der Waals surface area contributed by atoms with Crippen molar-refractivity contribution in [2.75, 3.05) is 6.26 Å². The average Bonchev–Trinajstić information content (AvgIpc) is 2.50. The van der Waals surface area contributed by atoms with Crippen LogP contribution in [0.4, 0.5) is 4.39 Å². The number of rotatable bonds is 3. The summed E-state index contributed by atoms with van der Waals surface area (Å²) in [6, 6.07) is 0. The number of hydrogen-bond acceptors (Lipinski definition) is 4. The zero-order chi connectivity index (χ0) is 15.1. The highest BCUT2D eigenvalue weighted by molar-refractivity contribution is 7.83. The Morgan fingerprint density at radius 1 is 1.25 bits per heavy atom. The normalized spacial score (nSPS) is 22.0. The molecule has 1 aromatic rings. The van der Waals surface area contributed by atoms with Crippen molar-refractivity contribution in [1.29, 1.82) is 0 Å². The molecule has 0 radical (unpaired) electrons. The van der Waals surface area contributed by atoms with Crippen molar-refractivity contribution in [2.45, 2.75) is 44.6 Å². The van der Waals surface area contributed by atoms with Gasteiger partial charge in [-0.05, 0) is 27.7 Å². The van der Waals surface area contributed by atoms with Crippen molar-refractivity contribution in [2.24, 2.45) is 0 Å². The van der Waals surface area contributed by atoms with Crippen LogP contribution in [-0.2, 0) is 25.9 Å². The van der Waals surface area contributed by atoms with Gasteiger partial charge in [0.2, 0.25) is 0 Å². The highest BCUT2D eigenvalue weighted by atomic mass is 32.2. The monoisotopic (exact) mass is 299 g/mol. The van der Waals surface area contributed by atoms with Crippen molar-refractivity contribution in [3.63, 3.8) is 0 Å². The molecule has 1 aromatic heterocycles. The van der Waals surface area contributed by atoms with Crippen LogP contribution in [0.5, 0.6) is 0 Å². The number of halogens is 1. The van der Waals surface area contributed by atoms with E-state index in [1.54, 1.807) is 0 Å². The highest BCUT2D eigenvalue weighted by Crippen LogP contribution is 2.36. The van der Waals surface area contributed by atoms with Gasteiger partial charge < -0.3 is 9.31 Å². The number of hydrogen-bond donors (Lipinski definition) is 0. The van der Waals surface area contributed by atoms with Gasteiger partial charge in [-0.3, -0.25) is 9.19 Å². The molecule has 0 saturated carbocycles. The lowest BCUT2D eigenvalue weighted by atomic mass is 9.79. The van der Waals surface area contributed by atoms with E-state index in [1.165, 1.54) is 18.6 Å². The lowest BCUT2D eigenvalue weighted by Crippen LogP contribution is -2.41. The van der Waals surface area contributed by atoms with Gasteiger partial charge in [-0.2, -0.15) is 0 Å². The third-order valence-corrected chi connectivity index (χ3v) is 4.56. The zero-order valence-electron chi connectivity index (χ0n) is 12.4. The van der Waals surface area contributed by atoms with Crippen molar-refractivity contribution >= 4 is 23.4 Å². The van der Waals surface area contributed by atoms with Crippen molar-refractivity contribution in [3.8, 4) is 0 Å². The average molecular weight is 299 g/mol. The summed E-state index contributed by atoms with van der Waals surface area (Å²) in [7, 11) is -1.92. The first-order valence-electron chi connectivity index (χ1n) is 6.42. The van der Waals surface area contributed by atoms with E-state index in [1.807, 2.05) is 27.7 Å². The van der Waals surface area contributed by atoms with Gasteiger partial charge in [0.1, 0.15) is 5.82 Å². The molecule has 110 valence electrons. The highest BCUT2D eigenvalue weighted by Gasteiger charge is 2.52. The van der Waals surface area contributed by atoms with E-state index < -0.39 is 34.9 Å². The fourth-order valence-electron chi connectivity index (χ4n) is 1.96. The summed E-state index contributed by atoms with van der Waals surface area (Å²) in [6.45, 7) is 7.62. The molecule has 7 heteroatoms. The molecule has 1 saturated heterocycles. The molecule has 1 aliphatic rings. The maximum atomic E-state index is 14.5. The lowest BCUT2D eigenvalue weighted by Gasteiger charge is -2.32. The largest absolute Gasteiger partial charge is 0.499 e. The van der Waals surface area contributed by atoms with Gasteiger partial charge in [-0.1, -0.05) is 0 Å². The molecule has 0 N–H and O–H groups in total. The molecule has 0 amide bonds. The molecule has 0 aliphatic carbocycles. The zero-order valence-corrected chi connectivity index (χ0v) is 13.2. The Labute approximate surface area is 121 Å². The number of aromatic nitrogens is 1. The van der Waals surface area contributed by atoms with Gasteiger partial charge in [0.25, 0.3) is 0 Å². The topological polar surface area (TPSA) is 48.4 Å². The molecule has 20 heavy (non-hydrogen) atoms. The molecular formula is C13H19BFNO3S. The lowest BCUT2D eigenvalue weighted by molar-refractivity contribution is 0.00578. The minimum absolute atomic E-state index is 0.131. The molecule has 1 fully saturated rings. The third kappa shape index (κ3) is 2.80. The molecular weight excluding hydrogens is 280 g/mol. The summed E-state index contributed by atoms with van der Waals surface area (Å²) in [5.74, 6) is -0.319. The van der Waals surface area contributed by atoms with Crippen LogP contribution in [0.3, 0.4) is 0 Å². The van der Waals surface area contributed by atoms with E-state index in [4.69, 9.17) is 9.31 Å². The predicted molar refractivity (Wildman–Crippen MR) is 77.7 cm³/mol. The first-order valence-corrected chi connectivity index (χ1v) is 8.15. The predicted octanol–water partition coefficient (Wildman–Crippen LogP) is 1.40. The van der Waals surface area contributed by atoms with Gasteiger partial charge in [0.15, 0.2) is 0 Å². The first-order chi connectivity index (χ1) is 9.14. The van der Waals surface area contributed by atoms with E-state index in [0.717, 1.165) is 0 Å². The molecule has 0 aromatic carbocycles. The summed E-state index contributed by atoms with van der Waals surface area (Å²) in [5, 5.41) is 0. The summed E-state index contributed by atoms with van der Waals surface area (Å²) in [4.78, 5) is 4.00. The maximum absolute atomic E-state index is 14.5. The van der Waals surface area contributed by atoms with Crippen LogP contribution >= 0.6 is 0 Å². The third-order valence-electron chi connectivity index (χ3n) is 3.85. The number of nitrogens with zero attached hydrogens (tertiary/aromatic N) is 1. The van der Waals surface area contributed by atoms with E-state index in [0.29, 0.717) is 5.56 Å². The van der Waals surface area contributed by atoms with Crippen LogP contribution in [0.2, 0.25) is 0 Å². The Kier molecular flexibility index (Phi) is 4.06. The van der Waals surface area contributed by atoms with E-state index >= 15 is 0 Å².